The lowest BCUT2D eigenvalue weighted by molar-refractivity contribution is 0.318. The van der Waals surface area contributed by atoms with Gasteiger partial charge in [0, 0.05) is 32.0 Å². The van der Waals surface area contributed by atoms with E-state index in [2.05, 4.69) is 20.6 Å². The summed E-state index contributed by atoms with van der Waals surface area (Å²) in [6.07, 6.45) is 0.582. The number of rotatable bonds is 6. The van der Waals surface area contributed by atoms with Gasteiger partial charge in [0.2, 0.25) is 5.89 Å². The minimum absolute atomic E-state index is 0.0746. The summed E-state index contributed by atoms with van der Waals surface area (Å²) < 4.78 is 19.0. The minimum Gasteiger partial charge on any atom is -0.409 e. The van der Waals surface area contributed by atoms with E-state index >= 15 is 0 Å². The molecule has 21 heavy (non-hydrogen) atoms. The van der Waals surface area contributed by atoms with Crippen molar-refractivity contribution in [2.45, 2.75) is 19.9 Å². The summed E-state index contributed by atoms with van der Waals surface area (Å²) in [6.45, 7) is 2.61. The van der Waals surface area contributed by atoms with Crippen molar-refractivity contribution >= 4 is 5.84 Å². The van der Waals surface area contributed by atoms with Crippen LogP contribution in [0.4, 0.5) is 4.39 Å². The van der Waals surface area contributed by atoms with Crippen molar-refractivity contribution in [1.82, 2.24) is 15.5 Å². The molecule has 0 aliphatic carbocycles. The van der Waals surface area contributed by atoms with Crippen LogP contribution in [-0.4, -0.2) is 27.7 Å². The molecular formula is C13H16FN5O2. The van der Waals surface area contributed by atoms with Gasteiger partial charge in [0.15, 0.2) is 11.7 Å². The van der Waals surface area contributed by atoms with Crippen molar-refractivity contribution in [3.63, 3.8) is 0 Å². The van der Waals surface area contributed by atoms with E-state index in [-0.39, 0.29) is 11.4 Å². The van der Waals surface area contributed by atoms with Gasteiger partial charge in [-0.1, -0.05) is 22.4 Å². The molecule has 1 heterocycles. The second-order valence-corrected chi connectivity index (χ2v) is 4.42. The summed E-state index contributed by atoms with van der Waals surface area (Å²) in [7, 11) is 0. The van der Waals surface area contributed by atoms with Gasteiger partial charge in [-0.3, -0.25) is 0 Å². The van der Waals surface area contributed by atoms with E-state index in [1.165, 1.54) is 6.07 Å². The summed E-state index contributed by atoms with van der Waals surface area (Å²) in [6, 6.07) is 4.74. The molecule has 0 aliphatic rings. The summed E-state index contributed by atoms with van der Waals surface area (Å²) in [5.74, 6) is 0.362. The minimum atomic E-state index is -0.504. The zero-order chi connectivity index (χ0) is 15.2. The lowest BCUT2D eigenvalue weighted by atomic mass is 10.1. The van der Waals surface area contributed by atoms with Crippen LogP contribution in [0.5, 0.6) is 0 Å². The summed E-state index contributed by atoms with van der Waals surface area (Å²) in [4.78, 5) is 4.07. The highest BCUT2D eigenvalue weighted by Gasteiger charge is 2.11. The Balaban J connectivity index is 1.91. The van der Waals surface area contributed by atoms with Gasteiger partial charge < -0.3 is 20.8 Å². The average Bonchev–Trinajstić information content (AvgIpc) is 2.90. The molecule has 1 aromatic heterocycles. The number of hydrogen-bond donors (Lipinski definition) is 3. The highest BCUT2D eigenvalue weighted by Crippen LogP contribution is 2.12. The maximum Gasteiger partial charge on any atom is 0.223 e. The van der Waals surface area contributed by atoms with Crippen LogP contribution in [-0.2, 0) is 13.0 Å². The fourth-order valence-electron chi connectivity index (χ4n) is 1.83. The van der Waals surface area contributed by atoms with E-state index < -0.39 is 5.82 Å². The van der Waals surface area contributed by atoms with Gasteiger partial charge in [0.1, 0.15) is 5.82 Å². The Kier molecular flexibility index (Phi) is 4.83. The van der Waals surface area contributed by atoms with E-state index in [1.807, 2.05) is 0 Å². The van der Waals surface area contributed by atoms with Crippen LogP contribution in [0.25, 0.3) is 0 Å². The Labute approximate surface area is 120 Å². The van der Waals surface area contributed by atoms with Crippen molar-refractivity contribution in [1.29, 1.82) is 0 Å². The number of halogens is 1. The van der Waals surface area contributed by atoms with E-state index in [9.17, 15) is 4.39 Å². The van der Waals surface area contributed by atoms with Crippen molar-refractivity contribution in [2.75, 3.05) is 6.54 Å². The second kappa shape index (κ2) is 6.80. The normalized spacial score (nSPS) is 11.8. The number of hydrogen-bond acceptors (Lipinski definition) is 6. The third-order valence-electron chi connectivity index (χ3n) is 2.87. The average molecular weight is 293 g/mol. The first-order valence-electron chi connectivity index (χ1n) is 6.37. The molecule has 0 atom stereocenters. The van der Waals surface area contributed by atoms with Crippen molar-refractivity contribution < 1.29 is 14.1 Å². The van der Waals surface area contributed by atoms with Crippen LogP contribution in [0.15, 0.2) is 27.9 Å². The summed E-state index contributed by atoms with van der Waals surface area (Å²) in [5, 5.41) is 18.3. The Morgan fingerprint density at radius 3 is 3.00 bits per heavy atom. The molecule has 112 valence electrons. The van der Waals surface area contributed by atoms with E-state index in [4.69, 9.17) is 15.5 Å². The number of amidine groups is 1. The van der Waals surface area contributed by atoms with E-state index in [0.717, 1.165) is 0 Å². The van der Waals surface area contributed by atoms with Crippen molar-refractivity contribution in [3.8, 4) is 0 Å². The Bertz CT molecular complexity index is 641. The molecule has 2 aromatic rings. The molecule has 0 bridgehead atoms. The third-order valence-corrected chi connectivity index (χ3v) is 2.87. The number of nitrogens with two attached hydrogens (primary N) is 1. The number of aryl methyl sites for hydroxylation is 1. The fraction of sp³-hybridized carbons (Fsp3) is 0.308. The molecule has 0 saturated carbocycles. The quantitative estimate of drug-likeness (QED) is 0.240. The van der Waals surface area contributed by atoms with E-state index in [1.54, 1.807) is 19.1 Å². The monoisotopic (exact) mass is 293 g/mol. The molecule has 0 spiro atoms. The molecule has 2 rings (SSSR count). The van der Waals surface area contributed by atoms with Gasteiger partial charge in [-0.15, -0.1) is 0 Å². The molecule has 1 aromatic carbocycles. The van der Waals surface area contributed by atoms with Gasteiger partial charge in [0.25, 0.3) is 0 Å². The smallest absolute Gasteiger partial charge is 0.223 e. The topological polar surface area (TPSA) is 110 Å². The molecule has 0 aliphatic heterocycles. The van der Waals surface area contributed by atoms with Gasteiger partial charge in [-0.05, 0) is 6.07 Å². The van der Waals surface area contributed by atoms with Crippen LogP contribution >= 0.6 is 0 Å². The molecular weight excluding hydrogens is 277 g/mol. The van der Waals surface area contributed by atoms with Crippen LogP contribution in [0.2, 0.25) is 0 Å². The van der Waals surface area contributed by atoms with Gasteiger partial charge in [-0.2, -0.15) is 4.98 Å². The molecule has 4 N–H and O–H groups in total. The first kappa shape index (κ1) is 14.9. The first-order valence-corrected chi connectivity index (χ1v) is 6.37. The SMILES string of the molecule is Cc1nc(CCNCc2cccc(/C(N)=N/O)c2F)no1. The number of nitrogens with one attached hydrogen (secondary N) is 1. The van der Waals surface area contributed by atoms with Crippen LogP contribution < -0.4 is 11.1 Å². The molecule has 0 fully saturated rings. The number of oxime groups is 1. The standard InChI is InChI=1S/C13H16FN5O2/c1-8-17-11(19-21-8)5-6-16-7-9-3-2-4-10(12(9)14)13(15)18-20/h2-4,16,20H,5-7H2,1H3,(H2,15,18). The van der Waals surface area contributed by atoms with Crippen LogP contribution in [0, 0.1) is 12.7 Å². The Hall–Kier alpha value is -2.48. The maximum atomic E-state index is 14.1. The Morgan fingerprint density at radius 1 is 1.52 bits per heavy atom. The summed E-state index contributed by atoms with van der Waals surface area (Å²) in [5.41, 5.74) is 5.92. The molecule has 0 saturated heterocycles. The molecule has 7 nitrogen and oxygen atoms in total. The van der Waals surface area contributed by atoms with Crippen molar-refractivity contribution in [3.05, 3.63) is 46.9 Å². The molecule has 0 radical (unpaired) electrons. The van der Waals surface area contributed by atoms with Crippen LogP contribution in [0.3, 0.4) is 0 Å². The summed E-state index contributed by atoms with van der Waals surface area (Å²) >= 11 is 0. The lowest BCUT2D eigenvalue weighted by Gasteiger charge is -2.08. The highest BCUT2D eigenvalue weighted by molar-refractivity contribution is 5.97. The predicted molar refractivity (Wildman–Crippen MR) is 73.4 cm³/mol. The fourth-order valence-corrected chi connectivity index (χ4v) is 1.83. The third kappa shape index (κ3) is 3.76. The molecule has 0 unspecified atom stereocenters. The maximum absolute atomic E-state index is 14.1. The van der Waals surface area contributed by atoms with Crippen LogP contribution in [0.1, 0.15) is 22.8 Å². The highest BCUT2D eigenvalue weighted by atomic mass is 19.1. The first-order chi connectivity index (χ1) is 10.1. The predicted octanol–water partition coefficient (Wildman–Crippen LogP) is 0.944. The zero-order valence-corrected chi connectivity index (χ0v) is 11.5. The lowest BCUT2D eigenvalue weighted by Crippen LogP contribution is -2.20. The van der Waals surface area contributed by atoms with E-state index in [0.29, 0.717) is 36.8 Å². The number of nitrogens with zero attached hydrogens (tertiary/aromatic N) is 3. The van der Waals surface area contributed by atoms with Gasteiger partial charge in [-0.25, -0.2) is 4.39 Å². The largest absolute Gasteiger partial charge is 0.409 e. The van der Waals surface area contributed by atoms with Crippen molar-refractivity contribution in [2.24, 2.45) is 10.9 Å². The number of aromatic nitrogens is 2. The Morgan fingerprint density at radius 2 is 2.33 bits per heavy atom. The second-order valence-electron chi connectivity index (χ2n) is 4.42. The molecule has 0 amide bonds. The number of benzene rings is 1. The zero-order valence-electron chi connectivity index (χ0n) is 11.5. The van der Waals surface area contributed by atoms with Gasteiger partial charge in [0.05, 0.1) is 5.56 Å². The molecule has 8 heteroatoms. The van der Waals surface area contributed by atoms with Gasteiger partial charge >= 0.3 is 0 Å².